The summed E-state index contributed by atoms with van der Waals surface area (Å²) in [5.41, 5.74) is 0.963. The first-order valence-corrected chi connectivity index (χ1v) is 3.80. The number of hydrogen-bond donors (Lipinski definition) is 1. The molecule has 68 valence electrons. The first kappa shape index (κ1) is 10.9. The van der Waals surface area contributed by atoms with Gasteiger partial charge in [0.15, 0.2) is 12.0 Å². The van der Waals surface area contributed by atoms with Crippen molar-refractivity contribution in [2.75, 3.05) is 13.2 Å². The van der Waals surface area contributed by atoms with E-state index in [1.807, 2.05) is 13.8 Å². The number of aldehydes is 1. The summed E-state index contributed by atoms with van der Waals surface area (Å²) in [6, 6.07) is 0. The topological polar surface area (TPSA) is 46.5 Å². The number of hydrogen-bond acceptors (Lipinski definition) is 3. The Labute approximate surface area is 72.3 Å². The lowest BCUT2D eigenvalue weighted by Crippen LogP contribution is -1.94. The maximum atomic E-state index is 9.95. The van der Waals surface area contributed by atoms with E-state index < -0.39 is 0 Å². The minimum Gasteiger partial charge on any atom is -0.505 e. The van der Waals surface area contributed by atoms with Crippen LogP contribution in [-0.2, 0) is 9.53 Å². The van der Waals surface area contributed by atoms with Crippen molar-refractivity contribution >= 4 is 6.29 Å². The van der Waals surface area contributed by atoms with Crippen molar-refractivity contribution in [3.05, 3.63) is 23.5 Å². The first-order valence-electron chi connectivity index (χ1n) is 3.80. The molecule has 0 aromatic carbocycles. The number of carbonyl (C=O) groups is 1. The van der Waals surface area contributed by atoms with E-state index in [4.69, 9.17) is 9.84 Å². The van der Waals surface area contributed by atoms with Crippen LogP contribution < -0.4 is 0 Å². The van der Waals surface area contributed by atoms with Crippen LogP contribution in [0.2, 0.25) is 0 Å². The highest BCUT2D eigenvalue weighted by molar-refractivity contribution is 5.70. The maximum absolute atomic E-state index is 9.95. The molecule has 0 heterocycles. The van der Waals surface area contributed by atoms with Crippen LogP contribution in [-0.4, -0.2) is 24.6 Å². The summed E-state index contributed by atoms with van der Waals surface area (Å²) in [7, 11) is 0. The molecule has 0 bridgehead atoms. The van der Waals surface area contributed by atoms with E-state index in [0.717, 1.165) is 5.57 Å². The van der Waals surface area contributed by atoms with E-state index in [-0.39, 0.29) is 5.76 Å². The maximum Gasteiger partial charge on any atom is 0.184 e. The van der Waals surface area contributed by atoms with Gasteiger partial charge >= 0.3 is 0 Å². The summed E-state index contributed by atoms with van der Waals surface area (Å²) < 4.78 is 5.09. The molecule has 3 heteroatoms. The standard InChI is InChI=1S/C9H14O3/c1-3-12-7-8(2)4-5-9(11)6-10/h4-6,11H,3,7H2,1-2H3/b8-4+,9-5-. The molecule has 0 atom stereocenters. The fourth-order valence-corrected chi connectivity index (χ4v) is 0.578. The molecular formula is C9H14O3. The van der Waals surface area contributed by atoms with Crippen LogP contribution in [0.5, 0.6) is 0 Å². The first-order chi connectivity index (χ1) is 5.70. The Bertz CT molecular complexity index is 192. The third kappa shape index (κ3) is 5.68. The summed E-state index contributed by atoms with van der Waals surface area (Å²) >= 11 is 0. The van der Waals surface area contributed by atoms with Gasteiger partial charge in [-0.25, -0.2) is 0 Å². The zero-order chi connectivity index (χ0) is 9.40. The molecule has 3 nitrogen and oxygen atoms in total. The molecule has 0 aromatic heterocycles. The molecular weight excluding hydrogens is 156 g/mol. The average Bonchev–Trinajstić information content (AvgIpc) is 2.10. The monoisotopic (exact) mass is 170 g/mol. The fraction of sp³-hybridized carbons (Fsp3) is 0.444. The lowest BCUT2D eigenvalue weighted by Gasteiger charge is -1.98. The van der Waals surface area contributed by atoms with Gasteiger partial charge < -0.3 is 9.84 Å². The predicted octanol–water partition coefficient (Wildman–Crippen LogP) is 1.61. The molecule has 0 rings (SSSR count). The van der Waals surface area contributed by atoms with Crippen molar-refractivity contribution < 1.29 is 14.6 Å². The van der Waals surface area contributed by atoms with Gasteiger partial charge in [0.1, 0.15) is 0 Å². The van der Waals surface area contributed by atoms with Gasteiger partial charge in [0, 0.05) is 6.61 Å². The number of rotatable bonds is 5. The van der Waals surface area contributed by atoms with Gasteiger partial charge in [0.05, 0.1) is 6.61 Å². The highest BCUT2D eigenvalue weighted by atomic mass is 16.5. The van der Waals surface area contributed by atoms with Crippen molar-refractivity contribution in [3.63, 3.8) is 0 Å². The Balaban J connectivity index is 3.90. The molecule has 0 aliphatic rings. The van der Waals surface area contributed by atoms with E-state index in [9.17, 15) is 4.79 Å². The molecule has 0 aliphatic carbocycles. The molecule has 0 spiro atoms. The molecule has 0 fully saturated rings. The van der Waals surface area contributed by atoms with E-state index in [2.05, 4.69) is 0 Å². The molecule has 0 amide bonds. The van der Waals surface area contributed by atoms with E-state index >= 15 is 0 Å². The van der Waals surface area contributed by atoms with Crippen molar-refractivity contribution in [1.29, 1.82) is 0 Å². The SMILES string of the molecule is CCOC/C(C)=C/C=C(\O)C=O. The zero-order valence-corrected chi connectivity index (χ0v) is 7.41. The van der Waals surface area contributed by atoms with Gasteiger partial charge in [0.25, 0.3) is 0 Å². The Morgan fingerprint density at radius 2 is 2.17 bits per heavy atom. The molecule has 0 radical (unpaired) electrons. The van der Waals surface area contributed by atoms with Gasteiger partial charge in [0.2, 0.25) is 0 Å². The Hall–Kier alpha value is -1.09. The van der Waals surface area contributed by atoms with Crippen molar-refractivity contribution in [2.24, 2.45) is 0 Å². The molecule has 0 unspecified atom stereocenters. The summed E-state index contributed by atoms with van der Waals surface area (Å²) in [6.07, 6.45) is 3.39. The second-order valence-corrected chi connectivity index (χ2v) is 2.36. The fourth-order valence-electron chi connectivity index (χ4n) is 0.578. The van der Waals surface area contributed by atoms with Crippen LogP contribution >= 0.6 is 0 Å². The second-order valence-electron chi connectivity index (χ2n) is 2.36. The number of aliphatic hydroxyl groups is 1. The summed E-state index contributed by atoms with van der Waals surface area (Å²) in [6.45, 7) is 4.96. The van der Waals surface area contributed by atoms with Crippen LogP contribution in [0.3, 0.4) is 0 Å². The quantitative estimate of drug-likeness (QED) is 0.295. The van der Waals surface area contributed by atoms with Gasteiger partial charge in [-0.05, 0) is 25.5 Å². The van der Waals surface area contributed by atoms with Crippen LogP contribution in [0, 0.1) is 0 Å². The van der Waals surface area contributed by atoms with Gasteiger partial charge in [-0.3, -0.25) is 4.79 Å². The number of ether oxygens (including phenoxy) is 1. The number of carbonyl (C=O) groups excluding carboxylic acids is 1. The smallest absolute Gasteiger partial charge is 0.184 e. The van der Waals surface area contributed by atoms with E-state index in [0.29, 0.717) is 19.5 Å². The van der Waals surface area contributed by atoms with E-state index in [1.54, 1.807) is 6.08 Å². The third-order valence-electron chi connectivity index (χ3n) is 1.19. The lowest BCUT2D eigenvalue weighted by molar-refractivity contribution is -0.106. The normalized spacial score (nSPS) is 13.2. The second kappa shape index (κ2) is 6.61. The molecule has 0 saturated carbocycles. The van der Waals surface area contributed by atoms with E-state index in [1.165, 1.54) is 6.08 Å². The average molecular weight is 170 g/mol. The van der Waals surface area contributed by atoms with Crippen molar-refractivity contribution in [1.82, 2.24) is 0 Å². The summed E-state index contributed by atoms with van der Waals surface area (Å²) in [5, 5.41) is 8.74. The predicted molar refractivity (Wildman–Crippen MR) is 47.0 cm³/mol. The summed E-state index contributed by atoms with van der Waals surface area (Å²) in [4.78, 5) is 9.95. The van der Waals surface area contributed by atoms with Crippen molar-refractivity contribution in [3.8, 4) is 0 Å². The molecule has 1 N–H and O–H groups in total. The Morgan fingerprint density at radius 3 is 2.67 bits per heavy atom. The third-order valence-corrected chi connectivity index (χ3v) is 1.19. The highest BCUT2D eigenvalue weighted by Crippen LogP contribution is 1.95. The minimum absolute atomic E-state index is 0.272. The Morgan fingerprint density at radius 1 is 1.50 bits per heavy atom. The van der Waals surface area contributed by atoms with Crippen LogP contribution in [0.25, 0.3) is 0 Å². The van der Waals surface area contributed by atoms with Gasteiger partial charge in [-0.15, -0.1) is 0 Å². The molecule has 12 heavy (non-hydrogen) atoms. The van der Waals surface area contributed by atoms with Crippen LogP contribution in [0.1, 0.15) is 13.8 Å². The lowest BCUT2D eigenvalue weighted by atomic mass is 10.3. The zero-order valence-electron chi connectivity index (χ0n) is 7.41. The highest BCUT2D eigenvalue weighted by Gasteiger charge is 1.88. The van der Waals surface area contributed by atoms with Crippen LogP contribution in [0.15, 0.2) is 23.5 Å². The minimum atomic E-state index is -0.272. The van der Waals surface area contributed by atoms with Crippen molar-refractivity contribution in [2.45, 2.75) is 13.8 Å². The molecule has 0 saturated heterocycles. The summed E-state index contributed by atoms with van der Waals surface area (Å²) in [5.74, 6) is -0.272. The van der Waals surface area contributed by atoms with Gasteiger partial charge in [-0.2, -0.15) is 0 Å². The number of aliphatic hydroxyl groups excluding tert-OH is 1. The number of allylic oxidation sites excluding steroid dienone is 3. The molecule has 0 aliphatic heterocycles. The molecule has 0 aromatic rings. The Kier molecular flexibility index (Phi) is 6.01. The van der Waals surface area contributed by atoms with Crippen LogP contribution in [0.4, 0.5) is 0 Å². The van der Waals surface area contributed by atoms with Gasteiger partial charge in [-0.1, -0.05) is 6.08 Å². The largest absolute Gasteiger partial charge is 0.505 e.